The van der Waals surface area contributed by atoms with Gasteiger partial charge in [-0.1, -0.05) is 23.2 Å². The Labute approximate surface area is 154 Å². The zero-order chi connectivity index (χ0) is 18.0. The summed E-state index contributed by atoms with van der Waals surface area (Å²) in [7, 11) is 0. The van der Waals surface area contributed by atoms with Gasteiger partial charge in [-0.15, -0.1) is 0 Å². The monoisotopic (exact) mass is 379 g/mol. The van der Waals surface area contributed by atoms with Crippen LogP contribution < -0.4 is 15.7 Å². The molecule has 25 heavy (non-hydrogen) atoms. The summed E-state index contributed by atoms with van der Waals surface area (Å²) in [5.41, 5.74) is 3.23. The Hall–Kier alpha value is -2.28. The first-order valence-electron chi connectivity index (χ1n) is 7.57. The number of benzene rings is 2. The number of carbonyl (C=O) groups excluding carboxylic acids is 2. The van der Waals surface area contributed by atoms with E-state index in [1.807, 2.05) is 0 Å². The van der Waals surface area contributed by atoms with Gasteiger partial charge in [0.15, 0.2) is 0 Å². The van der Waals surface area contributed by atoms with Gasteiger partial charge in [-0.2, -0.15) is 0 Å². The first-order chi connectivity index (χ1) is 12.0. The van der Waals surface area contributed by atoms with Gasteiger partial charge < -0.3 is 10.2 Å². The molecule has 0 saturated carbocycles. The number of hydrogen-bond acceptors (Lipinski definition) is 4. The quantitative estimate of drug-likeness (QED) is 0.562. The highest BCUT2D eigenvalue weighted by molar-refractivity contribution is 6.36. The van der Waals surface area contributed by atoms with Crippen LogP contribution in [0, 0.1) is 0 Å². The summed E-state index contributed by atoms with van der Waals surface area (Å²) in [5.74, 6) is -0.673. The molecule has 3 rings (SSSR count). The molecule has 1 aliphatic rings. The lowest BCUT2D eigenvalue weighted by atomic mass is 10.1. The highest BCUT2D eigenvalue weighted by Crippen LogP contribution is 2.32. The van der Waals surface area contributed by atoms with Crippen molar-refractivity contribution in [2.75, 3.05) is 16.8 Å². The van der Waals surface area contributed by atoms with Gasteiger partial charge in [-0.3, -0.25) is 14.8 Å². The predicted octanol–water partition coefficient (Wildman–Crippen LogP) is 3.33. The molecular formula is C17H15Cl2N3O3. The summed E-state index contributed by atoms with van der Waals surface area (Å²) in [6, 6.07) is 11.1. The van der Waals surface area contributed by atoms with Crippen molar-refractivity contribution in [1.82, 2.24) is 5.48 Å². The van der Waals surface area contributed by atoms with E-state index < -0.39 is 5.91 Å². The summed E-state index contributed by atoms with van der Waals surface area (Å²) in [5, 5.41) is 12.7. The van der Waals surface area contributed by atoms with Crippen LogP contribution in [-0.4, -0.2) is 29.6 Å². The van der Waals surface area contributed by atoms with Crippen LogP contribution in [0.1, 0.15) is 16.8 Å². The smallest absolute Gasteiger partial charge is 0.274 e. The highest BCUT2D eigenvalue weighted by Gasteiger charge is 2.33. The van der Waals surface area contributed by atoms with Crippen molar-refractivity contribution in [1.29, 1.82) is 0 Å². The molecule has 0 spiro atoms. The average Bonchev–Trinajstić information content (AvgIpc) is 2.95. The summed E-state index contributed by atoms with van der Waals surface area (Å²) in [6.07, 6.45) is 0.622. The third kappa shape index (κ3) is 3.71. The van der Waals surface area contributed by atoms with Gasteiger partial charge in [-0.05, 0) is 48.9 Å². The standard InChI is InChI=1S/C17H15Cl2N3O3/c18-11-3-6-15(13(19)9-11)22-8-7-14(17(22)24)20-12-4-1-10(2-5-12)16(23)21-25/h1-6,9,14,20,25H,7-8H2,(H,21,23). The van der Waals surface area contributed by atoms with Crippen molar-refractivity contribution in [2.24, 2.45) is 0 Å². The Kier molecular flexibility index (Phi) is 5.13. The Morgan fingerprint density at radius 3 is 2.52 bits per heavy atom. The maximum atomic E-state index is 12.6. The van der Waals surface area contributed by atoms with Crippen molar-refractivity contribution < 1.29 is 14.8 Å². The van der Waals surface area contributed by atoms with E-state index in [1.54, 1.807) is 52.8 Å². The lowest BCUT2D eigenvalue weighted by Gasteiger charge is -2.19. The van der Waals surface area contributed by atoms with Gasteiger partial charge in [0.2, 0.25) is 5.91 Å². The second-order valence-electron chi connectivity index (χ2n) is 5.59. The number of amides is 2. The molecule has 2 aromatic carbocycles. The van der Waals surface area contributed by atoms with E-state index in [1.165, 1.54) is 0 Å². The maximum Gasteiger partial charge on any atom is 0.274 e. The normalized spacial score (nSPS) is 16.8. The van der Waals surface area contributed by atoms with Gasteiger partial charge >= 0.3 is 0 Å². The molecule has 3 N–H and O–H groups in total. The van der Waals surface area contributed by atoms with E-state index in [-0.39, 0.29) is 11.9 Å². The van der Waals surface area contributed by atoms with Crippen LogP contribution >= 0.6 is 23.2 Å². The summed E-state index contributed by atoms with van der Waals surface area (Å²) in [4.78, 5) is 25.6. The second-order valence-corrected chi connectivity index (χ2v) is 6.43. The van der Waals surface area contributed by atoms with Crippen molar-refractivity contribution in [3.8, 4) is 0 Å². The molecule has 1 fully saturated rings. The summed E-state index contributed by atoms with van der Waals surface area (Å²) < 4.78 is 0. The fourth-order valence-electron chi connectivity index (χ4n) is 2.74. The number of hydroxylamine groups is 1. The SMILES string of the molecule is O=C(NO)c1ccc(NC2CCN(c3ccc(Cl)cc3Cl)C2=O)cc1. The maximum absolute atomic E-state index is 12.6. The number of hydrogen-bond donors (Lipinski definition) is 3. The topological polar surface area (TPSA) is 81.7 Å². The fraction of sp³-hybridized carbons (Fsp3) is 0.176. The van der Waals surface area contributed by atoms with Crippen LogP contribution in [0.15, 0.2) is 42.5 Å². The molecule has 0 aromatic heterocycles. The van der Waals surface area contributed by atoms with Gasteiger partial charge in [0, 0.05) is 22.8 Å². The Morgan fingerprint density at radius 2 is 1.88 bits per heavy atom. The minimum Gasteiger partial charge on any atom is -0.374 e. The van der Waals surface area contributed by atoms with Gasteiger partial charge in [0.1, 0.15) is 6.04 Å². The van der Waals surface area contributed by atoms with Crippen LogP contribution in [0.2, 0.25) is 10.0 Å². The van der Waals surface area contributed by atoms with Crippen LogP contribution in [-0.2, 0) is 4.79 Å². The molecule has 2 amide bonds. The Bertz CT molecular complexity index is 811. The molecule has 0 aliphatic carbocycles. The van der Waals surface area contributed by atoms with Crippen LogP contribution in [0.3, 0.4) is 0 Å². The van der Waals surface area contributed by atoms with Gasteiger partial charge in [0.05, 0.1) is 10.7 Å². The Morgan fingerprint density at radius 1 is 1.16 bits per heavy atom. The average molecular weight is 380 g/mol. The molecule has 0 radical (unpaired) electrons. The molecule has 1 unspecified atom stereocenters. The molecule has 1 aliphatic heterocycles. The lowest BCUT2D eigenvalue weighted by Crippen LogP contribution is -2.33. The lowest BCUT2D eigenvalue weighted by molar-refractivity contribution is -0.117. The number of anilines is 2. The number of halogens is 2. The van der Waals surface area contributed by atoms with E-state index in [2.05, 4.69) is 5.32 Å². The van der Waals surface area contributed by atoms with Crippen LogP contribution in [0.25, 0.3) is 0 Å². The third-order valence-corrected chi connectivity index (χ3v) is 4.53. The molecule has 8 heteroatoms. The third-order valence-electron chi connectivity index (χ3n) is 4.00. The largest absolute Gasteiger partial charge is 0.374 e. The van der Waals surface area contributed by atoms with Gasteiger partial charge in [0.25, 0.3) is 5.91 Å². The second kappa shape index (κ2) is 7.31. The zero-order valence-electron chi connectivity index (χ0n) is 13.0. The van der Waals surface area contributed by atoms with Gasteiger partial charge in [-0.25, -0.2) is 5.48 Å². The zero-order valence-corrected chi connectivity index (χ0v) is 14.5. The number of rotatable bonds is 4. The fourth-order valence-corrected chi connectivity index (χ4v) is 3.25. The van der Waals surface area contributed by atoms with E-state index in [0.717, 1.165) is 0 Å². The van der Waals surface area contributed by atoms with E-state index in [9.17, 15) is 9.59 Å². The number of nitrogens with zero attached hydrogens (tertiary/aromatic N) is 1. The first kappa shape index (κ1) is 17.5. The predicted molar refractivity (Wildman–Crippen MR) is 96.5 cm³/mol. The van der Waals surface area contributed by atoms with E-state index in [4.69, 9.17) is 28.4 Å². The van der Waals surface area contributed by atoms with Crippen molar-refractivity contribution in [3.05, 3.63) is 58.1 Å². The molecule has 130 valence electrons. The molecule has 2 aromatic rings. The van der Waals surface area contributed by atoms with Crippen LogP contribution in [0.4, 0.5) is 11.4 Å². The molecule has 1 atom stereocenters. The van der Waals surface area contributed by atoms with E-state index in [0.29, 0.717) is 39.9 Å². The number of nitrogens with one attached hydrogen (secondary N) is 2. The van der Waals surface area contributed by atoms with Crippen molar-refractivity contribution >= 4 is 46.4 Å². The number of carbonyl (C=O) groups is 2. The van der Waals surface area contributed by atoms with Crippen molar-refractivity contribution in [2.45, 2.75) is 12.5 Å². The van der Waals surface area contributed by atoms with E-state index >= 15 is 0 Å². The highest BCUT2D eigenvalue weighted by atomic mass is 35.5. The molecule has 1 heterocycles. The summed E-state index contributed by atoms with van der Waals surface area (Å²) in [6.45, 7) is 0.544. The molecule has 1 saturated heterocycles. The minimum absolute atomic E-state index is 0.0820. The molecular weight excluding hydrogens is 365 g/mol. The van der Waals surface area contributed by atoms with Crippen LogP contribution in [0.5, 0.6) is 0 Å². The molecule has 6 nitrogen and oxygen atoms in total. The molecule has 0 bridgehead atoms. The first-order valence-corrected chi connectivity index (χ1v) is 8.32. The minimum atomic E-state index is -0.591. The van der Waals surface area contributed by atoms with Crippen molar-refractivity contribution in [3.63, 3.8) is 0 Å². The Balaban J connectivity index is 1.71. The summed E-state index contributed by atoms with van der Waals surface area (Å²) >= 11 is 12.1.